The maximum atomic E-state index is 3.74. The maximum absolute atomic E-state index is 3.74. The fraction of sp³-hybridized carbons (Fsp3) is 0.400. The highest BCUT2D eigenvalue weighted by Crippen LogP contribution is 2.20. The number of pyridine rings is 1. The van der Waals surface area contributed by atoms with Crippen LogP contribution in [0.3, 0.4) is 0 Å². The molecule has 0 spiro atoms. The van der Waals surface area contributed by atoms with Crippen LogP contribution in [0, 0.1) is 0 Å². The first kappa shape index (κ1) is 16.1. The molecule has 0 fully saturated rings. The predicted octanol–water partition coefficient (Wildman–Crippen LogP) is 0.408. The molecule has 1 rings (SSSR count). The van der Waals surface area contributed by atoms with Crippen LogP contribution in [0.2, 0.25) is 0 Å². The number of aromatic nitrogens is 1. The minimum atomic E-state index is 0. The molecule has 0 radical (unpaired) electrons. The average molecular weight is 296 g/mol. The highest BCUT2D eigenvalue weighted by atomic mass is 79.9. The molecule has 94 valence electrons. The van der Waals surface area contributed by atoms with Crippen LogP contribution in [-0.4, -0.2) is 0 Å². The van der Waals surface area contributed by atoms with E-state index >= 15 is 0 Å². The first-order valence-electron chi connectivity index (χ1n) is 5.72. The molecule has 17 heavy (non-hydrogen) atoms. The van der Waals surface area contributed by atoms with Crippen molar-refractivity contribution in [1.82, 2.24) is 0 Å². The Balaban J connectivity index is 0.00000256. The summed E-state index contributed by atoms with van der Waals surface area (Å²) in [5.41, 5.74) is 2.81. The normalized spacial score (nSPS) is 11.9. The van der Waals surface area contributed by atoms with E-state index in [-0.39, 0.29) is 22.4 Å². The second kappa shape index (κ2) is 6.75. The van der Waals surface area contributed by atoms with Crippen molar-refractivity contribution in [2.75, 3.05) is 0 Å². The lowest BCUT2D eigenvalue weighted by Crippen LogP contribution is -3.00. The summed E-state index contributed by atoms with van der Waals surface area (Å²) >= 11 is 0. The summed E-state index contributed by atoms with van der Waals surface area (Å²) in [6, 6.07) is 4.38. The van der Waals surface area contributed by atoms with E-state index in [1.54, 1.807) is 0 Å². The molecule has 1 heterocycles. The molecule has 0 amide bonds. The Morgan fingerprint density at radius 3 is 2.24 bits per heavy atom. The van der Waals surface area contributed by atoms with Gasteiger partial charge in [0.25, 0.3) is 0 Å². The Bertz CT molecular complexity index is 382. The van der Waals surface area contributed by atoms with Crippen molar-refractivity contribution in [2.45, 2.75) is 39.7 Å². The third kappa shape index (κ3) is 5.31. The monoisotopic (exact) mass is 295 g/mol. The van der Waals surface area contributed by atoms with Gasteiger partial charge in [-0.25, -0.2) is 4.57 Å². The van der Waals surface area contributed by atoms with Crippen molar-refractivity contribution >= 4 is 0 Å². The Morgan fingerprint density at radius 2 is 1.82 bits per heavy atom. The van der Waals surface area contributed by atoms with Crippen LogP contribution < -0.4 is 21.5 Å². The lowest BCUT2D eigenvalue weighted by molar-refractivity contribution is -0.687. The summed E-state index contributed by atoms with van der Waals surface area (Å²) in [7, 11) is 0. The molecule has 1 aromatic heterocycles. The van der Waals surface area contributed by atoms with Crippen molar-refractivity contribution in [1.29, 1.82) is 0 Å². The van der Waals surface area contributed by atoms with E-state index in [4.69, 9.17) is 0 Å². The molecule has 0 aromatic carbocycles. The van der Waals surface area contributed by atoms with Gasteiger partial charge in [-0.3, -0.25) is 0 Å². The van der Waals surface area contributed by atoms with Crippen molar-refractivity contribution in [3.8, 4) is 0 Å². The second-order valence-electron chi connectivity index (χ2n) is 5.19. The minimum Gasteiger partial charge on any atom is -1.00 e. The Kier molecular flexibility index (Phi) is 6.40. The van der Waals surface area contributed by atoms with Crippen LogP contribution in [0.5, 0.6) is 0 Å². The molecule has 1 nitrogen and oxygen atoms in total. The minimum absolute atomic E-state index is 0. The lowest BCUT2D eigenvalue weighted by Gasteiger charge is -2.17. The van der Waals surface area contributed by atoms with Crippen LogP contribution >= 0.6 is 0 Å². The van der Waals surface area contributed by atoms with E-state index in [1.807, 2.05) is 6.08 Å². The molecule has 0 atom stereocenters. The second-order valence-corrected chi connectivity index (χ2v) is 5.19. The quantitative estimate of drug-likeness (QED) is 0.562. The molecule has 0 bridgehead atoms. The van der Waals surface area contributed by atoms with Gasteiger partial charge in [0, 0.05) is 12.1 Å². The molecule has 0 saturated heterocycles. The summed E-state index contributed by atoms with van der Waals surface area (Å²) in [6.07, 6.45) is 8.31. The fourth-order valence-electron chi connectivity index (χ4n) is 1.41. The van der Waals surface area contributed by atoms with E-state index in [0.717, 1.165) is 6.54 Å². The van der Waals surface area contributed by atoms with Gasteiger partial charge in [0.05, 0.1) is 0 Å². The Labute approximate surface area is 116 Å². The number of nitrogens with zero attached hydrogens (tertiary/aromatic N) is 1. The van der Waals surface area contributed by atoms with Gasteiger partial charge < -0.3 is 17.0 Å². The lowest BCUT2D eigenvalue weighted by atomic mass is 9.88. The molecule has 1 aromatic rings. The van der Waals surface area contributed by atoms with Gasteiger partial charge in [0.2, 0.25) is 0 Å². The molecule has 2 heteroatoms. The zero-order chi connectivity index (χ0) is 12.2. The first-order chi connectivity index (χ1) is 7.43. The van der Waals surface area contributed by atoms with Gasteiger partial charge >= 0.3 is 0 Å². The van der Waals surface area contributed by atoms with Gasteiger partial charge in [-0.2, -0.15) is 0 Å². The van der Waals surface area contributed by atoms with Crippen molar-refractivity contribution in [2.24, 2.45) is 0 Å². The number of rotatable bonds is 3. The summed E-state index contributed by atoms with van der Waals surface area (Å²) < 4.78 is 2.17. The predicted molar refractivity (Wildman–Crippen MR) is 69.3 cm³/mol. The molecule has 0 saturated carbocycles. The maximum Gasteiger partial charge on any atom is 0.169 e. The number of halogens is 1. The molecular weight excluding hydrogens is 274 g/mol. The Morgan fingerprint density at radius 1 is 1.29 bits per heavy atom. The molecule has 0 aliphatic heterocycles. The highest BCUT2D eigenvalue weighted by molar-refractivity contribution is 5.17. The standard InChI is InChI=1S/C15H22N.BrH/c1-6-13(2)7-10-16-11-8-14(9-12-16)15(3,4)5;/h6-9,11-12H,1,10H2,2-5H3;1H/q+1;/p-1/b13-7-;. The SMILES string of the molecule is C=C/C(C)=C\C[n+]1ccc(C(C)(C)C)cc1.[Br-]. The van der Waals surface area contributed by atoms with Crippen molar-refractivity contribution < 1.29 is 21.5 Å². The molecule has 0 unspecified atom stereocenters. The topological polar surface area (TPSA) is 3.88 Å². The van der Waals surface area contributed by atoms with Gasteiger partial charge in [0.1, 0.15) is 0 Å². The molecule has 0 aliphatic rings. The number of hydrogen-bond acceptors (Lipinski definition) is 0. The number of hydrogen-bond donors (Lipinski definition) is 0. The summed E-state index contributed by atoms with van der Waals surface area (Å²) in [5.74, 6) is 0. The average Bonchev–Trinajstić information content (AvgIpc) is 2.25. The molecule has 0 aliphatic carbocycles. The third-order valence-electron chi connectivity index (χ3n) is 2.70. The third-order valence-corrected chi connectivity index (χ3v) is 2.70. The fourth-order valence-corrected chi connectivity index (χ4v) is 1.41. The summed E-state index contributed by atoms with van der Waals surface area (Å²) in [6.45, 7) is 13.4. The van der Waals surface area contributed by atoms with Gasteiger partial charge in [-0.05, 0) is 29.6 Å². The summed E-state index contributed by atoms with van der Waals surface area (Å²) in [5, 5.41) is 0. The van der Waals surface area contributed by atoms with Gasteiger partial charge in [0.15, 0.2) is 18.9 Å². The zero-order valence-electron chi connectivity index (χ0n) is 11.2. The summed E-state index contributed by atoms with van der Waals surface area (Å²) in [4.78, 5) is 0. The Hall–Kier alpha value is -0.890. The van der Waals surface area contributed by atoms with E-state index in [2.05, 4.69) is 69.4 Å². The van der Waals surface area contributed by atoms with E-state index in [0.29, 0.717) is 0 Å². The van der Waals surface area contributed by atoms with Crippen LogP contribution in [0.4, 0.5) is 0 Å². The van der Waals surface area contributed by atoms with Crippen LogP contribution in [0.1, 0.15) is 33.3 Å². The smallest absolute Gasteiger partial charge is 0.169 e. The largest absolute Gasteiger partial charge is 1.00 e. The highest BCUT2D eigenvalue weighted by Gasteiger charge is 2.14. The number of allylic oxidation sites excluding steroid dienone is 3. The van der Waals surface area contributed by atoms with E-state index in [9.17, 15) is 0 Å². The van der Waals surface area contributed by atoms with Crippen LogP contribution in [-0.2, 0) is 12.0 Å². The van der Waals surface area contributed by atoms with Gasteiger partial charge in [-0.15, -0.1) is 0 Å². The first-order valence-corrected chi connectivity index (χ1v) is 5.72. The van der Waals surface area contributed by atoms with Crippen LogP contribution in [0.25, 0.3) is 0 Å². The van der Waals surface area contributed by atoms with Crippen LogP contribution in [0.15, 0.2) is 48.8 Å². The van der Waals surface area contributed by atoms with Crippen molar-refractivity contribution in [3.63, 3.8) is 0 Å². The van der Waals surface area contributed by atoms with Gasteiger partial charge in [-0.1, -0.05) is 33.4 Å². The van der Waals surface area contributed by atoms with E-state index in [1.165, 1.54) is 11.1 Å². The molecular formula is C15H22BrN. The van der Waals surface area contributed by atoms with Crippen molar-refractivity contribution in [3.05, 3.63) is 54.4 Å². The zero-order valence-corrected chi connectivity index (χ0v) is 12.8. The molecule has 0 N–H and O–H groups in total. The van der Waals surface area contributed by atoms with E-state index < -0.39 is 0 Å².